The van der Waals surface area contributed by atoms with E-state index in [0.717, 1.165) is 5.56 Å². The van der Waals surface area contributed by atoms with Crippen molar-refractivity contribution in [2.75, 3.05) is 6.61 Å². The molecule has 2 heterocycles. The second-order valence-electron chi connectivity index (χ2n) is 5.52. The molecule has 1 unspecified atom stereocenters. The fraction of sp³-hybridized carbons (Fsp3) is 0.211. The first-order valence-corrected chi connectivity index (χ1v) is 8.02. The van der Waals surface area contributed by atoms with Crippen molar-refractivity contribution in [1.29, 1.82) is 0 Å². The third kappa shape index (κ3) is 3.52. The standard InChI is InChI=1S/C19H18N2O4/c1-3-24-19(22)13(2)18-20-16(14-8-5-4-6-9-14)17(25-18)15-10-7-11-21(23)12-15/h4-13H,3H2,1-2H3. The van der Waals surface area contributed by atoms with Crippen LogP contribution in [0.2, 0.25) is 0 Å². The minimum absolute atomic E-state index is 0.258. The Hall–Kier alpha value is -3.15. The molecule has 6 heteroatoms. The largest absolute Gasteiger partial charge is 0.619 e. The van der Waals surface area contributed by atoms with Crippen LogP contribution < -0.4 is 4.73 Å². The quantitative estimate of drug-likeness (QED) is 0.405. The molecule has 0 radical (unpaired) electrons. The molecule has 1 atom stereocenters. The lowest BCUT2D eigenvalue weighted by Crippen LogP contribution is -2.23. The Morgan fingerprint density at radius 1 is 1.24 bits per heavy atom. The molecule has 2 aromatic heterocycles. The number of carbonyl (C=O) groups is 1. The number of nitrogens with zero attached hydrogens (tertiary/aromatic N) is 2. The highest BCUT2D eigenvalue weighted by Gasteiger charge is 2.26. The van der Waals surface area contributed by atoms with Gasteiger partial charge in [0.05, 0.1) is 12.2 Å². The molecule has 3 rings (SSSR count). The van der Waals surface area contributed by atoms with Gasteiger partial charge in [0.1, 0.15) is 11.6 Å². The van der Waals surface area contributed by atoms with Gasteiger partial charge >= 0.3 is 5.97 Å². The van der Waals surface area contributed by atoms with Crippen LogP contribution in [0.1, 0.15) is 25.7 Å². The lowest BCUT2D eigenvalue weighted by Gasteiger charge is -2.05. The molecule has 0 spiro atoms. The molecule has 3 aromatic rings. The SMILES string of the molecule is CCOC(=O)C(C)c1nc(-c2ccccc2)c(-c2ccc[n+]([O-])c2)o1. The van der Waals surface area contributed by atoms with Crippen LogP contribution in [0.25, 0.3) is 22.6 Å². The van der Waals surface area contributed by atoms with Gasteiger partial charge in [-0.2, -0.15) is 4.73 Å². The topological polar surface area (TPSA) is 79.3 Å². The predicted molar refractivity (Wildman–Crippen MR) is 91.4 cm³/mol. The minimum Gasteiger partial charge on any atom is -0.619 e. The fourth-order valence-corrected chi connectivity index (χ4v) is 2.47. The van der Waals surface area contributed by atoms with E-state index in [1.165, 1.54) is 12.4 Å². The number of aromatic nitrogens is 2. The number of benzene rings is 1. The summed E-state index contributed by atoms with van der Waals surface area (Å²) in [5, 5.41) is 11.6. The smallest absolute Gasteiger partial charge is 0.318 e. The Labute approximate surface area is 145 Å². The van der Waals surface area contributed by atoms with Crippen molar-refractivity contribution in [2.24, 2.45) is 0 Å². The van der Waals surface area contributed by atoms with Crippen LogP contribution in [-0.4, -0.2) is 17.6 Å². The number of carbonyl (C=O) groups excluding carboxylic acids is 1. The number of oxazole rings is 1. The maximum absolute atomic E-state index is 12.0. The molecule has 0 aliphatic carbocycles. The highest BCUT2D eigenvalue weighted by molar-refractivity contribution is 5.79. The van der Waals surface area contributed by atoms with Crippen molar-refractivity contribution >= 4 is 5.97 Å². The summed E-state index contributed by atoms with van der Waals surface area (Å²) in [6.07, 6.45) is 2.80. The molecular formula is C19H18N2O4. The van der Waals surface area contributed by atoms with Gasteiger partial charge in [-0.15, -0.1) is 0 Å². The second kappa shape index (κ2) is 7.17. The van der Waals surface area contributed by atoms with Gasteiger partial charge in [-0.1, -0.05) is 30.3 Å². The van der Waals surface area contributed by atoms with Crippen LogP contribution in [0.15, 0.2) is 59.3 Å². The first-order valence-electron chi connectivity index (χ1n) is 8.02. The van der Waals surface area contributed by atoms with Gasteiger partial charge in [0.25, 0.3) is 0 Å². The highest BCUT2D eigenvalue weighted by Crippen LogP contribution is 2.34. The van der Waals surface area contributed by atoms with Crippen LogP contribution in [-0.2, 0) is 9.53 Å². The molecule has 0 saturated carbocycles. The van der Waals surface area contributed by atoms with Gasteiger partial charge in [0, 0.05) is 11.6 Å². The molecule has 0 aliphatic heterocycles. The van der Waals surface area contributed by atoms with Crippen molar-refractivity contribution in [3.63, 3.8) is 0 Å². The fourth-order valence-electron chi connectivity index (χ4n) is 2.47. The van der Waals surface area contributed by atoms with Crippen molar-refractivity contribution in [1.82, 2.24) is 4.98 Å². The maximum Gasteiger partial charge on any atom is 0.318 e. The van der Waals surface area contributed by atoms with E-state index in [2.05, 4.69) is 4.98 Å². The summed E-state index contributed by atoms with van der Waals surface area (Å²) in [6, 6.07) is 12.9. The number of esters is 1. The van der Waals surface area contributed by atoms with Gasteiger partial charge in [-0.3, -0.25) is 4.79 Å². The van der Waals surface area contributed by atoms with Crippen LogP contribution in [0.5, 0.6) is 0 Å². The summed E-state index contributed by atoms with van der Waals surface area (Å²) < 4.78 is 11.6. The molecule has 128 valence electrons. The average Bonchev–Trinajstić information content (AvgIpc) is 3.07. The first kappa shape index (κ1) is 16.7. The number of hydrogen-bond donors (Lipinski definition) is 0. The number of ether oxygens (including phenoxy) is 1. The molecule has 6 nitrogen and oxygen atoms in total. The van der Waals surface area contributed by atoms with Crippen molar-refractivity contribution in [3.05, 3.63) is 66.0 Å². The zero-order valence-corrected chi connectivity index (χ0v) is 14.0. The number of hydrogen-bond acceptors (Lipinski definition) is 5. The Bertz CT molecular complexity index is 874. The van der Waals surface area contributed by atoms with E-state index in [-0.39, 0.29) is 12.5 Å². The first-order chi connectivity index (χ1) is 12.1. The van der Waals surface area contributed by atoms with E-state index >= 15 is 0 Å². The number of rotatable bonds is 5. The summed E-state index contributed by atoms with van der Waals surface area (Å²) >= 11 is 0. The Kier molecular flexibility index (Phi) is 4.79. The maximum atomic E-state index is 12.0. The van der Waals surface area contributed by atoms with Crippen molar-refractivity contribution in [2.45, 2.75) is 19.8 Å². The normalized spacial score (nSPS) is 11.9. The molecule has 25 heavy (non-hydrogen) atoms. The highest BCUT2D eigenvalue weighted by atomic mass is 16.5. The van der Waals surface area contributed by atoms with Crippen LogP contribution in [0.3, 0.4) is 0 Å². The van der Waals surface area contributed by atoms with Gasteiger partial charge in [0.15, 0.2) is 18.2 Å². The molecule has 0 amide bonds. The van der Waals surface area contributed by atoms with E-state index < -0.39 is 11.9 Å². The van der Waals surface area contributed by atoms with Crippen molar-refractivity contribution in [3.8, 4) is 22.6 Å². The zero-order chi connectivity index (χ0) is 17.8. The van der Waals surface area contributed by atoms with Gasteiger partial charge in [0.2, 0.25) is 5.89 Å². The van der Waals surface area contributed by atoms with Gasteiger partial charge in [-0.25, -0.2) is 4.98 Å². The van der Waals surface area contributed by atoms with Gasteiger partial charge in [-0.05, 0) is 19.9 Å². The minimum atomic E-state index is -0.640. The van der Waals surface area contributed by atoms with Crippen molar-refractivity contribution < 1.29 is 18.7 Å². The summed E-state index contributed by atoms with van der Waals surface area (Å²) in [5.74, 6) is -0.336. The van der Waals surface area contributed by atoms with Crippen LogP contribution in [0, 0.1) is 5.21 Å². The zero-order valence-electron chi connectivity index (χ0n) is 14.0. The molecule has 0 aliphatic rings. The van der Waals surface area contributed by atoms with E-state index in [1.54, 1.807) is 26.0 Å². The third-order valence-electron chi connectivity index (χ3n) is 3.74. The Morgan fingerprint density at radius 3 is 2.64 bits per heavy atom. The van der Waals surface area contributed by atoms with E-state index in [4.69, 9.17) is 9.15 Å². The van der Waals surface area contributed by atoms with Gasteiger partial charge < -0.3 is 14.4 Å². The van der Waals surface area contributed by atoms with Crippen LogP contribution >= 0.6 is 0 Å². The lowest BCUT2D eigenvalue weighted by molar-refractivity contribution is -0.604. The summed E-state index contributed by atoms with van der Waals surface area (Å²) in [5.41, 5.74) is 2.01. The summed E-state index contributed by atoms with van der Waals surface area (Å²) in [6.45, 7) is 3.72. The molecule has 0 bridgehead atoms. The summed E-state index contributed by atoms with van der Waals surface area (Å²) in [7, 11) is 0. The average molecular weight is 338 g/mol. The van der Waals surface area contributed by atoms with E-state index in [0.29, 0.717) is 21.7 Å². The second-order valence-corrected chi connectivity index (χ2v) is 5.52. The monoisotopic (exact) mass is 338 g/mol. The molecular weight excluding hydrogens is 320 g/mol. The molecule has 1 aromatic carbocycles. The van der Waals surface area contributed by atoms with E-state index in [9.17, 15) is 10.0 Å². The molecule has 0 fully saturated rings. The Morgan fingerprint density at radius 2 is 1.96 bits per heavy atom. The van der Waals surface area contributed by atoms with E-state index in [1.807, 2.05) is 30.3 Å². The third-order valence-corrected chi connectivity index (χ3v) is 3.74. The lowest BCUT2D eigenvalue weighted by atomic mass is 10.1. The molecule has 0 N–H and O–H groups in total. The van der Waals surface area contributed by atoms with Crippen LogP contribution in [0.4, 0.5) is 0 Å². The number of pyridine rings is 1. The Balaban J connectivity index is 2.11. The molecule has 0 saturated heterocycles. The predicted octanol–water partition coefficient (Wildman–Crippen LogP) is 3.31. The summed E-state index contributed by atoms with van der Waals surface area (Å²) in [4.78, 5) is 16.5.